The van der Waals surface area contributed by atoms with Crippen molar-refractivity contribution >= 4 is 32.5 Å². The summed E-state index contributed by atoms with van der Waals surface area (Å²) in [6.45, 7) is 0.730. The molecule has 106 valence electrons. The number of nitrogens with one attached hydrogen (secondary N) is 2. The van der Waals surface area contributed by atoms with Crippen LogP contribution >= 0.6 is 15.9 Å². The average molecular weight is 344 g/mol. The summed E-state index contributed by atoms with van der Waals surface area (Å²) < 4.78 is 6.81. The highest BCUT2D eigenvalue weighted by Gasteiger charge is 2.22. The first kappa shape index (κ1) is 12.7. The minimum Gasteiger partial charge on any atom is -0.493 e. The van der Waals surface area contributed by atoms with Gasteiger partial charge >= 0.3 is 0 Å². The topological polar surface area (TPSA) is 49.9 Å². The van der Waals surface area contributed by atoms with E-state index < -0.39 is 0 Å². The summed E-state index contributed by atoms with van der Waals surface area (Å²) in [6, 6.07) is 12.6. The van der Waals surface area contributed by atoms with Crippen molar-refractivity contribution in [3.8, 4) is 5.75 Å². The van der Waals surface area contributed by atoms with Crippen molar-refractivity contribution in [2.24, 2.45) is 0 Å². The van der Waals surface area contributed by atoms with Crippen LogP contribution in [0.1, 0.15) is 18.0 Å². The number of hydrogen-bond acceptors (Lipinski definition) is 3. The Labute approximate surface area is 130 Å². The van der Waals surface area contributed by atoms with Gasteiger partial charge in [0.05, 0.1) is 24.4 Å². The molecule has 0 bridgehead atoms. The number of aromatic amines is 1. The summed E-state index contributed by atoms with van der Waals surface area (Å²) in [7, 11) is 0. The number of rotatable bonds is 2. The van der Waals surface area contributed by atoms with Crippen LogP contribution in [-0.4, -0.2) is 16.8 Å². The summed E-state index contributed by atoms with van der Waals surface area (Å²) >= 11 is 3.54. The maximum absolute atomic E-state index is 5.74. The third kappa shape index (κ3) is 2.27. The second kappa shape index (κ2) is 5.07. The molecular weight excluding hydrogens is 330 g/mol. The van der Waals surface area contributed by atoms with Crippen LogP contribution < -0.4 is 10.1 Å². The lowest BCUT2D eigenvalue weighted by Crippen LogP contribution is -2.20. The van der Waals surface area contributed by atoms with E-state index in [0.717, 1.165) is 39.8 Å². The predicted molar refractivity (Wildman–Crippen MR) is 86.7 cm³/mol. The van der Waals surface area contributed by atoms with E-state index in [-0.39, 0.29) is 6.04 Å². The van der Waals surface area contributed by atoms with Crippen molar-refractivity contribution in [2.75, 3.05) is 11.9 Å². The molecule has 0 saturated heterocycles. The quantitative estimate of drug-likeness (QED) is 0.730. The number of halogens is 1. The van der Waals surface area contributed by atoms with Crippen LogP contribution in [0.4, 0.5) is 5.69 Å². The first-order chi connectivity index (χ1) is 10.3. The van der Waals surface area contributed by atoms with E-state index in [4.69, 9.17) is 4.74 Å². The van der Waals surface area contributed by atoms with E-state index in [1.165, 1.54) is 5.56 Å². The monoisotopic (exact) mass is 343 g/mol. The normalized spacial score (nSPS) is 17.3. The summed E-state index contributed by atoms with van der Waals surface area (Å²) in [5, 5.41) is 11.9. The molecule has 0 radical (unpaired) electrons. The first-order valence-corrected chi connectivity index (χ1v) is 7.71. The van der Waals surface area contributed by atoms with Gasteiger partial charge in [-0.1, -0.05) is 22.0 Å². The second-order valence-corrected chi connectivity index (χ2v) is 6.07. The molecule has 0 fully saturated rings. The zero-order valence-corrected chi connectivity index (χ0v) is 12.9. The van der Waals surface area contributed by atoms with Gasteiger partial charge in [0.2, 0.25) is 0 Å². The molecular formula is C16H14BrN3O. The van der Waals surface area contributed by atoms with Crippen molar-refractivity contribution in [1.82, 2.24) is 10.2 Å². The lowest BCUT2D eigenvalue weighted by molar-refractivity contribution is 0.274. The molecule has 2 N–H and O–H groups in total. The molecule has 4 nitrogen and oxygen atoms in total. The van der Waals surface area contributed by atoms with Gasteiger partial charge in [-0.3, -0.25) is 5.10 Å². The highest BCUT2D eigenvalue weighted by Crippen LogP contribution is 2.37. The van der Waals surface area contributed by atoms with Crippen LogP contribution in [0.2, 0.25) is 0 Å². The number of fused-ring (bicyclic) bond motifs is 2. The van der Waals surface area contributed by atoms with E-state index in [1.54, 1.807) is 0 Å². The van der Waals surface area contributed by atoms with Crippen molar-refractivity contribution in [3.05, 3.63) is 52.6 Å². The first-order valence-electron chi connectivity index (χ1n) is 6.92. The third-order valence-electron chi connectivity index (χ3n) is 3.83. The minimum absolute atomic E-state index is 0.242. The Bertz CT molecular complexity index is 799. The zero-order valence-electron chi connectivity index (χ0n) is 11.3. The van der Waals surface area contributed by atoms with Crippen molar-refractivity contribution in [1.29, 1.82) is 0 Å². The standard InChI is InChI=1S/C16H14BrN3O/c17-10-4-5-16-11(8-10)14(6-7-21-16)19-13-2-1-3-15-12(13)9-18-20-15/h1-5,8-9,14,19H,6-7H2,(H,18,20). The zero-order chi connectivity index (χ0) is 14.2. The van der Waals surface area contributed by atoms with E-state index >= 15 is 0 Å². The number of ether oxygens (including phenoxy) is 1. The van der Waals surface area contributed by atoms with E-state index in [1.807, 2.05) is 30.5 Å². The fourth-order valence-corrected chi connectivity index (χ4v) is 3.18. The Morgan fingerprint density at radius 2 is 2.24 bits per heavy atom. The van der Waals surface area contributed by atoms with Crippen molar-refractivity contribution in [3.63, 3.8) is 0 Å². The maximum atomic E-state index is 5.74. The summed E-state index contributed by atoms with van der Waals surface area (Å²) in [5.74, 6) is 0.960. The summed E-state index contributed by atoms with van der Waals surface area (Å²) in [4.78, 5) is 0. The molecule has 2 aromatic carbocycles. The van der Waals surface area contributed by atoms with Gasteiger partial charge in [-0.15, -0.1) is 0 Å². The van der Waals surface area contributed by atoms with Gasteiger partial charge < -0.3 is 10.1 Å². The van der Waals surface area contributed by atoms with Crippen molar-refractivity contribution < 1.29 is 4.74 Å². The molecule has 1 aromatic heterocycles. The van der Waals surface area contributed by atoms with Gasteiger partial charge in [0.15, 0.2) is 0 Å². The molecule has 4 rings (SSSR count). The van der Waals surface area contributed by atoms with Crippen LogP contribution in [0.25, 0.3) is 10.9 Å². The number of anilines is 1. The molecule has 1 aliphatic heterocycles. The van der Waals surface area contributed by atoms with Crippen LogP contribution in [0.15, 0.2) is 47.1 Å². The highest BCUT2D eigenvalue weighted by molar-refractivity contribution is 9.10. The lowest BCUT2D eigenvalue weighted by atomic mass is 10.00. The smallest absolute Gasteiger partial charge is 0.124 e. The summed E-state index contributed by atoms with van der Waals surface area (Å²) in [6.07, 6.45) is 2.80. The molecule has 0 amide bonds. The highest BCUT2D eigenvalue weighted by atomic mass is 79.9. The third-order valence-corrected chi connectivity index (χ3v) is 4.32. The Hall–Kier alpha value is -2.01. The Kier molecular flexibility index (Phi) is 3.07. The molecule has 2 heterocycles. The van der Waals surface area contributed by atoms with Gasteiger partial charge in [-0.2, -0.15) is 5.10 Å². The summed E-state index contributed by atoms with van der Waals surface area (Å²) in [5.41, 5.74) is 3.33. The number of H-pyrrole nitrogens is 1. The fraction of sp³-hybridized carbons (Fsp3) is 0.188. The van der Waals surface area contributed by atoms with Gasteiger partial charge in [0.1, 0.15) is 5.75 Å². The van der Waals surface area contributed by atoms with Crippen LogP contribution in [0, 0.1) is 0 Å². The number of nitrogens with zero attached hydrogens (tertiary/aromatic N) is 1. The largest absolute Gasteiger partial charge is 0.493 e. The fourth-order valence-electron chi connectivity index (χ4n) is 2.80. The van der Waals surface area contributed by atoms with Crippen LogP contribution in [0.3, 0.4) is 0 Å². The number of aromatic nitrogens is 2. The van der Waals surface area contributed by atoms with Gasteiger partial charge in [-0.25, -0.2) is 0 Å². The van der Waals surface area contributed by atoms with Crippen LogP contribution in [0.5, 0.6) is 5.75 Å². The Morgan fingerprint density at radius 1 is 1.29 bits per heavy atom. The van der Waals surface area contributed by atoms with Crippen molar-refractivity contribution in [2.45, 2.75) is 12.5 Å². The number of hydrogen-bond donors (Lipinski definition) is 2. The minimum atomic E-state index is 0.242. The molecule has 0 aliphatic carbocycles. The van der Waals surface area contributed by atoms with E-state index in [2.05, 4.69) is 43.6 Å². The van der Waals surface area contributed by atoms with E-state index in [0.29, 0.717) is 0 Å². The molecule has 21 heavy (non-hydrogen) atoms. The molecule has 1 aliphatic rings. The maximum Gasteiger partial charge on any atom is 0.124 e. The lowest BCUT2D eigenvalue weighted by Gasteiger charge is -2.28. The molecule has 3 aromatic rings. The molecule has 1 atom stereocenters. The molecule has 0 spiro atoms. The molecule has 0 saturated carbocycles. The predicted octanol–water partition coefficient (Wildman–Crippen LogP) is 4.26. The molecule has 5 heteroatoms. The Morgan fingerprint density at radius 3 is 3.19 bits per heavy atom. The average Bonchev–Trinajstić information content (AvgIpc) is 2.97. The number of benzene rings is 2. The Balaban J connectivity index is 1.73. The SMILES string of the molecule is Brc1ccc2c(c1)C(Nc1cccc3[nH]ncc13)CCO2. The van der Waals surface area contributed by atoms with Gasteiger partial charge in [0.25, 0.3) is 0 Å². The van der Waals surface area contributed by atoms with E-state index in [9.17, 15) is 0 Å². The molecule has 1 unspecified atom stereocenters. The van der Waals surface area contributed by atoms with Gasteiger partial charge in [-0.05, 0) is 30.3 Å². The second-order valence-electron chi connectivity index (χ2n) is 5.15. The van der Waals surface area contributed by atoms with Crippen LogP contribution in [-0.2, 0) is 0 Å². The van der Waals surface area contributed by atoms with Gasteiger partial charge in [0, 0.05) is 27.5 Å².